The fourth-order valence-electron chi connectivity index (χ4n) is 2.04. The largest absolute Gasteiger partial charge is 0.491 e. The van der Waals surface area contributed by atoms with E-state index >= 15 is 0 Å². The average Bonchev–Trinajstić information content (AvgIpc) is 2.62. The van der Waals surface area contributed by atoms with Crippen LogP contribution < -0.4 is 14.8 Å². The van der Waals surface area contributed by atoms with Crippen LogP contribution in [0.2, 0.25) is 0 Å². The molecule has 2 rings (SSSR count). The van der Waals surface area contributed by atoms with Crippen LogP contribution in [0.25, 0.3) is 0 Å². The predicted molar refractivity (Wildman–Crippen MR) is 105 cm³/mol. The van der Waals surface area contributed by atoms with E-state index in [2.05, 4.69) is 34.7 Å². The summed E-state index contributed by atoms with van der Waals surface area (Å²) in [6.45, 7) is 8.12. The number of halogens is 1. The molecule has 1 unspecified atom stereocenters. The van der Waals surface area contributed by atoms with Crippen LogP contribution in [0.15, 0.2) is 59.6 Å². The normalized spacial score (nSPS) is 11.5. The number of hydrogen-bond donors (Lipinski definition) is 1. The topological polar surface area (TPSA) is 47.6 Å². The van der Waals surface area contributed by atoms with Gasteiger partial charge in [-0.1, -0.05) is 19.6 Å². The first kappa shape index (κ1) is 19.1. The van der Waals surface area contributed by atoms with Gasteiger partial charge < -0.3 is 14.8 Å². The molecule has 4 nitrogen and oxygen atoms in total. The highest BCUT2D eigenvalue weighted by atomic mass is 79.9. The van der Waals surface area contributed by atoms with Crippen LogP contribution in [0, 0.1) is 0 Å². The van der Waals surface area contributed by atoms with E-state index in [1.165, 1.54) is 0 Å². The second-order valence-corrected chi connectivity index (χ2v) is 6.41. The molecule has 2 aromatic carbocycles. The number of carbonyl (C=O) groups is 1. The monoisotopic (exact) mass is 403 g/mol. The molecule has 0 bridgehead atoms. The van der Waals surface area contributed by atoms with Gasteiger partial charge in [-0.25, -0.2) is 0 Å². The Hall–Kier alpha value is -2.27. The summed E-state index contributed by atoms with van der Waals surface area (Å²) >= 11 is 3.41. The minimum absolute atomic E-state index is 0.166. The molecule has 0 saturated heterocycles. The van der Waals surface area contributed by atoms with Gasteiger partial charge in [-0.2, -0.15) is 0 Å². The summed E-state index contributed by atoms with van der Waals surface area (Å²) in [4.78, 5) is 12.4. The predicted octanol–water partition coefficient (Wildman–Crippen LogP) is 5.44. The standard InChI is InChI=1S/C20H22BrNO3/c1-4-12-24-19-11-6-15(13-18(19)21)20(23)22-16-7-9-17(10-8-16)25-14(3)5-2/h4,6-11,13-14H,1,5,12H2,2-3H3,(H,22,23). The van der Waals surface area contributed by atoms with Gasteiger partial charge in [-0.05, 0) is 71.7 Å². The molecule has 2 aromatic rings. The van der Waals surface area contributed by atoms with Gasteiger partial charge in [0.1, 0.15) is 18.1 Å². The van der Waals surface area contributed by atoms with Crippen molar-refractivity contribution in [2.75, 3.05) is 11.9 Å². The highest BCUT2D eigenvalue weighted by Gasteiger charge is 2.10. The van der Waals surface area contributed by atoms with E-state index < -0.39 is 0 Å². The zero-order chi connectivity index (χ0) is 18.2. The lowest BCUT2D eigenvalue weighted by Crippen LogP contribution is -2.12. The zero-order valence-corrected chi connectivity index (χ0v) is 16.0. The minimum Gasteiger partial charge on any atom is -0.491 e. The number of amides is 1. The van der Waals surface area contributed by atoms with Crippen molar-refractivity contribution in [1.29, 1.82) is 0 Å². The summed E-state index contributed by atoms with van der Waals surface area (Å²) in [5.74, 6) is 1.27. The second kappa shape index (κ2) is 9.28. The second-order valence-electron chi connectivity index (χ2n) is 5.56. The Bertz CT molecular complexity index is 728. The molecule has 1 amide bonds. The summed E-state index contributed by atoms with van der Waals surface area (Å²) in [7, 11) is 0. The Kier molecular flexibility index (Phi) is 7.07. The third-order valence-corrected chi connectivity index (χ3v) is 4.19. The molecule has 0 heterocycles. The van der Waals surface area contributed by atoms with Crippen molar-refractivity contribution >= 4 is 27.5 Å². The van der Waals surface area contributed by atoms with Crippen LogP contribution in [0.1, 0.15) is 30.6 Å². The SMILES string of the molecule is C=CCOc1ccc(C(=O)Nc2ccc(OC(C)CC)cc2)cc1Br. The first-order valence-corrected chi connectivity index (χ1v) is 8.94. The van der Waals surface area contributed by atoms with Crippen molar-refractivity contribution in [3.05, 3.63) is 65.2 Å². The minimum atomic E-state index is -0.188. The molecule has 0 aliphatic rings. The van der Waals surface area contributed by atoms with E-state index in [4.69, 9.17) is 9.47 Å². The van der Waals surface area contributed by atoms with E-state index in [1.54, 1.807) is 24.3 Å². The average molecular weight is 404 g/mol. The summed E-state index contributed by atoms with van der Waals surface area (Å²) in [6, 6.07) is 12.6. The van der Waals surface area contributed by atoms with Crippen molar-refractivity contribution in [3.8, 4) is 11.5 Å². The van der Waals surface area contributed by atoms with Gasteiger partial charge in [0.05, 0.1) is 10.6 Å². The lowest BCUT2D eigenvalue weighted by atomic mass is 10.2. The fourth-order valence-corrected chi connectivity index (χ4v) is 2.54. The van der Waals surface area contributed by atoms with Gasteiger partial charge >= 0.3 is 0 Å². The van der Waals surface area contributed by atoms with Gasteiger partial charge in [0, 0.05) is 11.3 Å². The van der Waals surface area contributed by atoms with Gasteiger partial charge in [0.2, 0.25) is 0 Å². The smallest absolute Gasteiger partial charge is 0.255 e. The molecule has 132 valence electrons. The maximum atomic E-state index is 12.4. The summed E-state index contributed by atoms with van der Waals surface area (Å²) in [5.41, 5.74) is 1.25. The van der Waals surface area contributed by atoms with Crippen LogP contribution in [-0.2, 0) is 0 Å². The Morgan fingerprint density at radius 3 is 2.60 bits per heavy atom. The van der Waals surface area contributed by atoms with E-state index in [1.807, 2.05) is 31.2 Å². The summed E-state index contributed by atoms with van der Waals surface area (Å²) in [5, 5.41) is 2.87. The lowest BCUT2D eigenvalue weighted by molar-refractivity contribution is 0.102. The molecule has 0 radical (unpaired) electrons. The number of anilines is 1. The molecule has 0 saturated carbocycles. The Balaban J connectivity index is 2.01. The molecule has 0 fully saturated rings. The molecule has 25 heavy (non-hydrogen) atoms. The first-order valence-electron chi connectivity index (χ1n) is 8.14. The van der Waals surface area contributed by atoms with Crippen molar-refractivity contribution in [2.24, 2.45) is 0 Å². The van der Waals surface area contributed by atoms with E-state index in [9.17, 15) is 4.79 Å². The van der Waals surface area contributed by atoms with E-state index in [0.717, 1.165) is 16.6 Å². The molecule has 0 aliphatic heterocycles. The van der Waals surface area contributed by atoms with Crippen LogP contribution in [0.5, 0.6) is 11.5 Å². The van der Waals surface area contributed by atoms with Crippen molar-refractivity contribution in [1.82, 2.24) is 0 Å². The number of carbonyl (C=O) groups excluding carboxylic acids is 1. The van der Waals surface area contributed by atoms with Crippen molar-refractivity contribution < 1.29 is 14.3 Å². The number of ether oxygens (including phenoxy) is 2. The van der Waals surface area contributed by atoms with Gasteiger partial charge in [-0.15, -0.1) is 0 Å². The van der Waals surface area contributed by atoms with Crippen LogP contribution in [0.3, 0.4) is 0 Å². The molecule has 0 spiro atoms. The highest BCUT2D eigenvalue weighted by Crippen LogP contribution is 2.26. The molecule has 0 aromatic heterocycles. The Morgan fingerprint density at radius 1 is 1.28 bits per heavy atom. The molecular formula is C20H22BrNO3. The molecule has 0 aliphatic carbocycles. The first-order chi connectivity index (χ1) is 12.0. The summed E-state index contributed by atoms with van der Waals surface area (Å²) < 4.78 is 11.9. The number of hydrogen-bond acceptors (Lipinski definition) is 3. The van der Waals surface area contributed by atoms with Crippen LogP contribution in [0.4, 0.5) is 5.69 Å². The molecule has 1 atom stereocenters. The Morgan fingerprint density at radius 2 is 2.00 bits per heavy atom. The van der Waals surface area contributed by atoms with Crippen molar-refractivity contribution in [2.45, 2.75) is 26.4 Å². The number of rotatable bonds is 8. The highest BCUT2D eigenvalue weighted by molar-refractivity contribution is 9.10. The maximum absolute atomic E-state index is 12.4. The van der Waals surface area contributed by atoms with Gasteiger partial charge in [-0.3, -0.25) is 4.79 Å². The molecule has 5 heteroatoms. The lowest BCUT2D eigenvalue weighted by Gasteiger charge is -2.13. The third kappa shape index (κ3) is 5.64. The fraction of sp³-hybridized carbons (Fsp3) is 0.250. The quantitative estimate of drug-likeness (QED) is 0.596. The zero-order valence-electron chi connectivity index (χ0n) is 14.4. The third-order valence-electron chi connectivity index (χ3n) is 3.58. The van der Waals surface area contributed by atoms with E-state index in [-0.39, 0.29) is 12.0 Å². The van der Waals surface area contributed by atoms with Crippen molar-refractivity contribution in [3.63, 3.8) is 0 Å². The molecule has 1 N–H and O–H groups in total. The molecular weight excluding hydrogens is 382 g/mol. The maximum Gasteiger partial charge on any atom is 0.255 e. The van der Waals surface area contributed by atoms with Crippen LogP contribution in [-0.4, -0.2) is 18.6 Å². The summed E-state index contributed by atoms with van der Waals surface area (Å²) in [6.07, 6.45) is 2.78. The van der Waals surface area contributed by atoms with Crippen LogP contribution >= 0.6 is 15.9 Å². The Labute approximate surface area is 157 Å². The van der Waals surface area contributed by atoms with Gasteiger partial charge in [0.15, 0.2) is 0 Å². The number of nitrogens with one attached hydrogen (secondary N) is 1. The van der Waals surface area contributed by atoms with Gasteiger partial charge in [0.25, 0.3) is 5.91 Å². The van der Waals surface area contributed by atoms with E-state index in [0.29, 0.717) is 23.6 Å². The number of benzene rings is 2.